The Morgan fingerprint density at radius 3 is 2.00 bits per heavy atom. The highest BCUT2D eigenvalue weighted by atomic mass is 35.6. The molecule has 0 heterocycles. The molecule has 0 atom stereocenters. The van der Waals surface area contributed by atoms with Crippen LogP contribution in [0, 0.1) is 11.8 Å². The SMILES string of the molecule is O=C(O)C#CC(Cl)(Cl)Cl. The van der Waals surface area contributed by atoms with Gasteiger partial charge in [0.05, 0.1) is 0 Å². The lowest BCUT2D eigenvalue weighted by atomic mass is 10.6. The molecule has 0 saturated heterocycles. The molecule has 0 rings (SSSR count). The topological polar surface area (TPSA) is 37.3 Å². The Morgan fingerprint density at radius 2 is 1.89 bits per heavy atom. The Labute approximate surface area is 66.7 Å². The molecule has 0 aliphatic rings. The average Bonchev–Trinajstić information content (AvgIpc) is 1.59. The van der Waals surface area contributed by atoms with Crippen LogP contribution in [0.3, 0.4) is 0 Å². The summed E-state index contributed by atoms with van der Waals surface area (Å²) in [5.41, 5.74) is 0. The maximum Gasteiger partial charge on any atom is 0.382 e. The normalized spacial score (nSPS) is 9.67. The lowest BCUT2D eigenvalue weighted by Crippen LogP contribution is -1.98. The van der Waals surface area contributed by atoms with Crippen LogP contribution in [0.25, 0.3) is 0 Å². The molecule has 0 fully saturated rings. The first-order chi connectivity index (χ1) is 3.92. The monoisotopic (exact) mass is 186 g/mol. The van der Waals surface area contributed by atoms with Crippen molar-refractivity contribution in [3.63, 3.8) is 0 Å². The summed E-state index contributed by atoms with van der Waals surface area (Å²) in [6, 6.07) is 0. The van der Waals surface area contributed by atoms with E-state index in [0.717, 1.165) is 0 Å². The molecule has 0 aromatic carbocycles. The maximum atomic E-state index is 9.70. The summed E-state index contributed by atoms with van der Waals surface area (Å²) >= 11 is 15.2. The molecule has 0 saturated carbocycles. The van der Waals surface area contributed by atoms with Crippen molar-refractivity contribution in [1.82, 2.24) is 0 Å². The summed E-state index contributed by atoms with van der Waals surface area (Å²) < 4.78 is -1.79. The van der Waals surface area contributed by atoms with Crippen molar-refractivity contribution >= 4 is 40.8 Å². The van der Waals surface area contributed by atoms with Gasteiger partial charge in [0, 0.05) is 5.92 Å². The third-order valence-corrected chi connectivity index (χ3v) is 0.595. The van der Waals surface area contributed by atoms with Gasteiger partial charge in [0.1, 0.15) is 0 Å². The Balaban J connectivity index is 4.04. The number of aliphatic carboxylic acids is 1. The molecule has 9 heavy (non-hydrogen) atoms. The standard InChI is InChI=1S/C4HCl3O2/c5-4(6,7)2-1-3(8)9/h(H,8,9). The summed E-state index contributed by atoms with van der Waals surface area (Å²) in [6.45, 7) is 0. The minimum absolute atomic E-state index is 1.32. The Kier molecular flexibility index (Phi) is 3.13. The van der Waals surface area contributed by atoms with Crippen molar-refractivity contribution in [3.8, 4) is 11.8 Å². The average molecular weight is 187 g/mol. The van der Waals surface area contributed by atoms with Crippen molar-refractivity contribution < 1.29 is 9.90 Å². The van der Waals surface area contributed by atoms with E-state index in [0.29, 0.717) is 0 Å². The number of alkyl halides is 3. The second kappa shape index (κ2) is 3.17. The van der Waals surface area contributed by atoms with Crippen LogP contribution in [0.15, 0.2) is 0 Å². The number of hydrogen-bond acceptors (Lipinski definition) is 1. The van der Waals surface area contributed by atoms with Crippen molar-refractivity contribution in [3.05, 3.63) is 0 Å². The Bertz CT molecular complexity index is 170. The van der Waals surface area contributed by atoms with Crippen LogP contribution in [-0.2, 0) is 4.79 Å². The van der Waals surface area contributed by atoms with Crippen LogP contribution in [-0.4, -0.2) is 14.9 Å². The molecule has 0 unspecified atom stereocenters. The second-order valence-electron chi connectivity index (χ2n) is 1.05. The highest BCUT2D eigenvalue weighted by molar-refractivity contribution is 6.69. The van der Waals surface area contributed by atoms with Crippen LogP contribution in [0.4, 0.5) is 0 Å². The zero-order chi connectivity index (χ0) is 7.49. The fourth-order valence-corrected chi connectivity index (χ4v) is 0.266. The van der Waals surface area contributed by atoms with Crippen LogP contribution < -0.4 is 0 Å². The first-order valence-electron chi connectivity index (χ1n) is 1.74. The molecule has 0 aliphatic heterocycles. The van der Waals surface area contributed by atoms with Gasteiger partial charge in [-0.15, -0.1) is 0 Å². The summed E-state index contributed by atoms with van der Waals surface area (Å²) in [5.74, 6) is 2.21. The van der Waals surface area contributed by atoms with Crippen molar-refractivity contribution in [2.24, 2.45) is 0 Å². The third-order valence-electron chi connectivity index (χ3n) is 0.311. The maximum absolute atomic E-state index is 9.70. The fourth-order valence-electron chi connectivity index (χ4n) is 0.124. The molecule has 0 aliphatic carbocycles. The van der Waals surface area contributed by atoms with Gasteiger partial charge in [-0.25, -0.2) is 4.79 Å². The lowest BCUT2D eigenvalue weighted by Gasteiger charge is -1.95. The van der Waals surface area contributed by atoms with Crippen molar-refractivity contribution in [2.45, 2.75) is 3.79 Å². The summed E-state index contributed by atoms with van der Waals surface area (Å²) in [7, 11) is 0. The Hall–Kier alpha value is -0.100. The zero-order valence-corrected chi connectivity index (χ0v) is 6.26. The van der Waals surface area contributed by atoms with Crippen LogP contribution >= 0.6 is 34.8 Å². The first-order valence-corrected chi connectivity index (χ1v) is 2.88. The number of halogens is 3. The number of hydrogen-bond donors (Lipinski definition) is 1. The molecule has 0 amide bonds. The number of carboxylic acids is 1. The van der Waals surface area contributed by atoms with Gasteiger partial charge in [0.15, 0.2) is 0 Å². The van der Waals surface area contributed by atoms with E-state index in [2.05, 4.69) is 0 Å². The molecule has 0 aromatic rings. The van der Waals surface area contributed by atoms with E-state index < -0.39 is 9.76 Å². The van der Waals surface area contributed by atoms with E-state index in [9.17, 15) is 4.79 Å². The lowest BCUT2D eigenvalue weighted by molar-refractivity contribution is -0.130. The van der Waals surface area contributed by atoms with E-state index in [1.165, 1.54) is 0 Å². The molecule has 0 radical (unpaired) electrons. The molecule has 50 valence electrons. The highest BCUT2D eigenvalue weighted by Gasteiger charge is 2.14. The van der Waals surface area contributed by atoms with E-state index in [-0.39, 0.29) is 0 Å². The number of carboxylic acid groups (broad SMARTS) is 1. The van der Waals surface area contributed by atoms with Crippen LogP contribution in [0.2, 0.25) is 0 Å². The minimum Gasteiger partial charge on any atom is -0.472 e. The van der Waals surface area contributed by atoms with Gasteiger partial charge < -0.3 is 5.11 Å². The van der Waals surface area contributed by atoms with Gasteiger partial charge >= 0.3 is 5.97 Å². The minimum atomic E-state index is -1.79. The van der Waals surface area contributed by atoms with Gasteiger partial charge in [-0.1, -0.05) is 34.8 Å². The molecule has 0 aromatic heterocycles. The summed E-state index contributed by atoms with van der Waals surface area (Å²) in [6.07, 6.45) is 0. The zero-order valence-electron chi connectivity index (χ0n) is 3.99. The molecule has 5 heteroatoms. The molecular formula is C4HCl3O2. The van der Waals surface area contributed by atoms with Crippen molar-refractivity contribution in [2.75, 3.05) is 0 Å². The largest absolute Gasteiger partial charge is 0.472 e. The quantitative estimate of drug-likeness (QED) is 0.460. The van der Waals surface area contributed by atoms with E-state index in [1.54, 1.807) is 5.92 Å². The van der Waals surface area contributed by atoms with E-state index in [1.807, 2.05) is 5.92 Å². The van der Waals surface area contributed by atoms with Gasteiger partial charge in [-0.3, -0.25) is 0 Å². The molecule has 0 bridgehead atoms. The molecule has 2 nitrogen and oxygen atoms in total. The predicted octanol–water partition coefficient (Wildman–Crippen LogP) is 1.44. The summed E-state index contributed by atoms with van der Waals surface area (Å²) in [5, 5.41) is 7.93. The van der Waals surface area contributed by atoms with E-state index >= 15 is 0 Å². The number of carbonyl (C=O) groups is 1. The first kappa shape index (κ1) is 8.90. The highest BCUT2D eigenvalue weighted by Crippen LogP contribution is 2.23. The smallest absolute Gasteiger partial charge is 0.382 e. The van der Waals surface area contributed by atoms with Gasteiger partial charge in [-0.2, -0.15) is 0 Å². The van der Waals surface area contributed by atoms with E-state index in [4.69, 9.17) is 39.9 Å². The van der Waals surface area contributed by atoms with Gasteiger partial charge in [-0.05, 0) is 5.92 Å². The van der Waals surface area contributed by atoms with Crippen LogP contribution in [0.5, 0.6) is 0 Å². The fraction of sp³-hybridized carbons (Fsp3) is 0.250. The molecule has 0 spiro atoms. The number of rotatable bonds is 0. The molecular weight excluding hydrogens is 186 g/mol. The van der Waals surface area contributed by atoms with Gasteiger partial charge in [0.2, 0.25) is 0 Å². The Morgan fingerprint density at radius 1 is 1.44 bits per heavy atom. The predicted molar refractivity (Wildman–Crippen MR) is 35.7 cm³/mol. The van der Waals surface area contributed by atoms with Crippen molar-refractivity contribution in [1.29, 1.82) is 0 Å². The second-order valence-corrected chi connectivity index (χ2v) is 3.33. The molecule has 1 N–H and O–H groups in total. The van der Waals surface area contributed by atoms with Crippen LogP contribution in [0.1, 0.15) is 0 Å². The third kappa shape index (κ3) is 7.90. The van der Waals surface area contributed by atoms with Gasteiger partial charge in [0.25, 0.3) is 3.79 Å². The summed E-state index contributed by atoms with van der Waals surface area (Å²) in [4.78, 5) is 9.70.